The summed E-state index contributed by atoms with van der Waals surface area (Å²) in [6.07, 6.45) is 3.82. The molecule has 2 fully saturated rings. The zero-order valence-corrected chi connectivity index (χ0v) is 23.0. The molecule has 5 atom stereocenters. The van der Waals surface area contributed by atoms with Crippen molar-refractivity contribution in [1.29, 1.82) is 0 Å². The van der Waals surface area contributed by atoms with E-state index in [9.17, 15) is 19.2 Å². The van der Waals surface area contributed by atoms with E-state index in [2.05, 4.69) is 10.6 Å². The Labute approximate surface area is 220 Å². The number of amides is 4. The number of carbonyl (C=O) groups is 4. The number of carbonyl (C=O) groups excluding carboxylic acids is 4. The van der Waals surface area contributed by atoms with E-state index in [0.29, 0.717) is 12.8 Å². The molecule has 1 aromatic rings. The maximum atomic E-state index is 13.7. The number of nitrogens with one attached hydrogen (secondary N) is 2. The van der Waals surface area contributed by atoms with Crippen molar-refractivity contribution in [2.24, 2.45) is 0 Å². The van der Waals surface area contributed by atoms with Crippen LogP contribution in [0.5, 0.6) is 0 Å². The molecule has 2 unspecified atom stereocenters. The van der Waals surface area contributed by atoms with Crippen molar-refractivity contribution in [2.45, 2.75) is 109 Å². The Morgan fingerprint density at radius 1 is 1.03 bits per heavy atom. The number of fused-ring (bicyclic) bond motifs is 1. The van der Waals surface area contributed by atoms with Crippen molar-refractivity contribution < 1.29 is 23.9 Å². The summed E-state index contributed by atoms with van der Waals surface area (Å²) < 4.78 is 5.37. The molecule has 0 aliphatic carbocycles. The highest BCUT2D eigenvalue weighted by Crippen LogP contribution is 2.32. The minimum atomic E-state index is -0.826. The van der Waals surface area contributed by atoms with Crippen molar-refractivity contribution in [3.8, 4) is 0 Å². The van der Waals surface area contributed by atoms with E-state index in [1.165, 1.54) is 11.9 Å². The first-order chi connectivity index (χ1) is 17.4. The van der Waals surface area contributed by atoms with Gasteiger partial charge in [0.25, 0.3) is 0 Å². The van der Waals surface area contributed by atoms with Crippen LogP contribution in [0.3, 0.4) is 0 Å². The lowest BCUT2D eigenvalue weighted by Gasteiger charge is -2.36. The topological polar surface area (TPSA) is 108 Å². The number of ether oxygens (including phenoxy) is 1. The average molecular weight is 515 g/mol. The van der Waals surface area contributed by atoms with Crippen molar-refractivity contribution in [2.75, 3.05) is 7.05 Å². The van der Waals surface area contributed by atoms with Gasteiger partial charge in [0.05, 0.1) is 6.04 Å². The highest BCUT2D eigenvalue weighted by Gasteiger charge is 2.44. The summed E-state index contributed by atoms with van der Waals surface area (Å²) in [4.78, 5) is 55.4. The third-order valence-electron chi connectivity index (χ3n) is 7.25. The summed E-state index contributed by atoms with van der Waals surface area (Å²) in [5.41, 5.74) is 0.313. The summed E-state index contributed by atoms with van der Waals surface area (Å²) in [5.74, 6) is -0.826. The number of benzene rings is 1. The smallest absolute Gasteiger partial charge is 0.410 e. The molecule has 3 rings (SSSR count). The van der Waals surface area contributed by atoms with Gasteiger partial charge in [-0.05, 0) is 65.9 Å². The minimum Gasteiger partial charge on any atom is -0.444 e. The Bertz CT molecular complexity index is 977. The number of hydrogen-bond donors (Lipinski definition) is 2. The quantitative estimate of drug-likeness (QED) is 0.604. The lowest BCUT2D eigenvalue weighted by atomic mass is 9.98. The maximum absolute atomic E-state index is 13.7. The molecule has 2 aliphatic heterocycles. The number of rotatable bonds is 6. The third-order valence-corrected chi connectivity index (χ3v) is 7.25. The van der Waals surface area contributed by atoms with Crippen LogP contribution < -0.4 is 10.6 Å². The first-order valence-electron chi connectivity index (χ1n) is 13.3. The van der Waals surface area contributed by atoms with Crippen LogP contribution in [0.25, 0.3) is 0 Å². The van der Waals surface area contributed by atoms with Gasteiger partial charge >= 0.3 is 6.09 Å². The van der Waals surface area contributed by atoms with Crippen molar-refractivity contribution in [3.63, 3.8) is 0 Å². The molecule has 37 heavy (non-hydrogen) atoms. The Balaban J connectivity index is 1.69. The molecule has 9 heteroatoms. The first kappa shape index (κ1) is 28.5. The third kappa shape index (κ3) is 7.23. The Hall–Kier alpha value is -3.10. The van der Waals surface area contributed by atoms with E-state index in [1.54, 1.807) is 32.6 Å². The monoisotopic (exact) mass is 514 g/mol. The Morgan fingerprint density at radius 2 is 1.68 bits per heavy atom. The van der Waals surface area contributed by atoms with E-state index in [4.69, 9.17) is 4.74 Å². The number of hydrogen-bond acceptors (Lipinski definition) is 5. The van der Waals surface area contributed by atoms with Gasteiger partial charge in [-0.25, -0.2) is 4.79 Å². The van der Waals surface area contributed by atoms with Gasteiger partial charge in [0.2, 0.25) is 17.7 Å². The fourth-order valence-electron chi connectivity index (χ4n) is 5.02. The highest BCUT2D eigenvalue weighted by atomic mass is 16.6. The second kappa shape index (κ2) is 12.0. The molecule has 0 aromatic heterocycles. The molecule has 2 N–H and O–H groups in total. The zero-order chi connectivity index (χ0) is 27.3. The molecule has 0 radical (unpaired) electrons. The van der Waals surface area contributed by atoms with Gasteiger partial charge in [-0.2, -0.15) is 0 Å². The summed E-state index contributed by atoms with van der Waals surface area (Å²) in [5, 5.41) is 5.93. The maximum Gasteiger partial charge on any atom is 0.410 e. The van der Waals surface area contributed by atoms with Crippen LogP contribution in [-0.4, -0.2) is 70.4 Å². The molecule has 4 amide bonds. The van der Waals surface area contributed by atoms with Gasteiger partial charge in [0, 0.05) is 13.1 Å². The van der Waals surface area contributed by atoms with Crippen LogP contribution in [0, 0.1) is 0 Å². The molecular weight excluding hydrogens is 472 g/mol. The lowest BCUT2D eigenvalue weighted by molar-refractivity contribution is -0.144. The van der Waals surface area contributed by atoms with Gasteiger partial charge in [-0.1, -0.05) is 43.2 Å². The number of likely N-dealkylation sites (N-methyl/N-ethyl adjacent to an activating group) is 1. The fraction of sp³-hybridized carbons (Fsp3) is 0.643. The first-order valence-corrected chi connectivity index (χ1v) is 13.3. The summed E-state index contributed by atoms with van der Waals surface area (Å²) in [7, 11) is 1.50. The molecule has 0 spiro atoms. The van der Waals surface area contributed by atoms with E-state index in [-0.39, 0.29) is 23.9 Å². The minimum absolute atomic E-state index is 0.0168. The second-order valence-corrected chi connectivity index (χ2v) is 11.2. The Kier molecular flexibility index (Phi) is 9.21. The van der Waals surface area contributed by atoms with Crippen molar-refractivity contribution in [1.82, 2.24) is 20.4 Å². The molecule has 2 heterocycles. The van der Waals surface area contributed by atoms with Crippen LogP contribution in [0.15, 0.2) is 30.3 Å². The molecule has 204 valence electrons. The second-order valence-electron chi connectivity index (χ2n) is 11.2. The van der Waals surface area contributed by atoms with E-state index in [1.807, 2.05) is 37.3 Å². The fourth-order valence-corrected chi connectivity index (χ4v) is 5.02. The van der Waals surface area contributed by atoms with Gasteiger partial charge in [-0.15, -0.1) is 0 Å². The van der Waals surface area contributed by atoms with E-state index < -0.39 is 35.7 Å². The van der Waals surface area contributed by atoms with Gasteiger partial charge in [0.15, 0.2) is 0 Å². The van der Waals surface area contributed by atoms with E-state index >= 15 is 0 Å². The molecule has 0 saturated carbocycles. The van der Waals surface area contributed by atoms with Crippen LogP contribution >= 0.6 is 0 Å². The molecule has 1 aromatic carbocycles. The molecule has 9 nitrogen and oxygen atoms in total. The summed E-state index contributed by atoms with van der Waals surface area (Å²) >= 11 is 0. The van der Waals surface area contributed by atoms with Gasteiger partial charge in [-0.3, -0.25) is 19.3 Å². The Morgan fingerprint density at radius 3 is 2.32 bits per heavy atom. The van der Waals surface area contributed by atoms with Crippen LogP contribution in [0.2, 0.25) is 0 Å². The lowest BCUT2D eigenvalue weighted by Crippen LogP contribution is -2.58. The molecule has 2 aliphatic rings. The predicted octanol–water partition coefficient (Wildman–Crippen LogP) is 3.54. The van der Waals surface area contributed by atoms with Crippen LogP contribution in [0.1, 0.15) is 84.7 Å². The molecular formula is C28H42N4O5. The standard InChI is InChI=1S/C28H42N4O5/c1-18(20-12-8-7-9-13-20)29-25(34)23-17-16-21-14-10-11-15-22(26(35)32(21)23)30-24(33)19(2)31(6)27(36)37-28(3,4)5/h7-9,12-13,18-19,21-23H,10-11,14-17H2,1-6H3,(H,29,34)(H,30,33)/t18?,19-,21?,22-,23-/m0/s1. The van der Waals surface area contributed by atoms with Crippen molar-refractivity contribution in [3.05, 3.63) is 35.9 Å². The van der Waals surface area contributed by atoms with Crippen LogP contribution in [-0.2, 0) is 19.1 Å². The van der Waals surface area contributed by atoms with Gasteiger partial charge < -0.3 is 20.3 Å². The van der Waals surface area contributed by atoms with E-state index in [0.717, 1.165) is 31.2 Å². The van der Waals surface area contributed by atoms with Crippen molar-refractivity contribution >= 4 is 23.8 Å². The summed E-state index contributed by atoms with van der Waals surface area (Å²) in [6.45, 7) is 8.82. The molecule has 0 bridgehead atoms. The normalized spacial score (nSPS) is 23.7. The average Bonchev–Trinajstić information content (AvgIpc) is 3.26. The largest absolute Gasteiger partial charge is 0.444 e. The predicted molar refractivity (Wildman–Crippen MR) is 141 cm³/mol. The highest BCUT2D eigenvalue weighted by molar-refractivity contribution is 5.94. The SMILES string of the molecule is CC(NC(=O)[C@@H]1CCC2CCCC[C@H](NC(=O)[C@H](C)N(C)C(=O)OC(C)(C)C)C(=O)N21)c1ccccc1. The summed E-state index contributed by atoms with van der Waals surface area (Å²) in [6, 6.07) is 7.38. The van der Waals surface area contributed by atoms with Crippen LogP contribution in [0.4, 0.5) is 4.79 Å². The zero-order valence-electron chi connectivity index (χ0n) is 23.0. The number of nitrogens with zero attached hydrogens (tertiary/aromatic N) is 2. The molecule has 2 saturated heterocycles. The van der Waals surface area contributed by atoms with Gasteiger partial charge in [0.1, 0.15) is 23.7 Å².